The van der Waals surface area contributed by atoms with Crippen LogP contribution in [-0.2, 0) is 24.5 Å². The summed E-state index contributed by atoms with van der Waals surface area (Å²) >= 11 is 0. The van der Waals surface area contributed by atoms with Crippen LogP contribution in [0.25, 0.3) is 22.2 Å². The fraction of sp³-hybridized carbons (Fsp3) is 0.500. The predicted molar refractivity (Wildman–Crippen MR) is 138 cm³/mol. The lowest BCUT2D eigenvalue weighted by atomic mass is 9.64. The minimum Gasteiger partial charge on any atom is -0.380 e. The van der Waals surface area contributed by atoms with Crippen molar-refractivity contribution in [3.63, 3.8) is 0 Å². The largest absolute Gasteiger partial charge is 0.433 e. The van der Waals surface area contributed by atoms with E-state index in [1.165, 1.54) is 6.42 Å². The summed E-state index contributed by atoms with van der Waals surface area (Å²) in [5.41, 5.74) is 2.52. The van der Waals surface area contributed by atoms with Gasteiger partial charge in [-0.3, -0.25) is 5.10 Å². The minimum atomic E-state index is -4.57. The Morgan fingerprint density at radius 3 is 2.67 bits per heavy atom. The van der Waals surface area contributed by atoms with Gasteiger partial charge in [-0.1, -0.05) is 24.6 Å². The highest BCUT2D eigenvalue weighted by atomic mass is 19.4. The van der Waals surface area contributed by atoms with E-state index in [0.29, 0.717) is 28.2 Å². The van der Waals surface area contributed by atoms with Gasteiger partial charge in [0, 0.05) is 41.9 Å². The number of aryl methyl sites for hydroxylation is 1. The molecule has 2 aliphatic carbocycles. The molecule has 2 saturated carbocycles. The number of hydrogen-bond acceptors (Lipinski definition) is 6. The van der Waals surface area contributed by atoms with Crippen LogP contribution < -0.4 is 5.32 Å². The molecule has 0 radical (unpaired) electrons. The first-order chi connectivity index (χ1) is 18.8. The molecule has 2 N–H and O–H groups in total. The first-order valence-corrected chi connectivity index (χ1v) is 13.5. The van der Waals surface area contributed by atoms with E-state index in [4.69, 9.17) is 4.74 Å². The summed E-state index contributed by atoms with van der Waals surface area (Å²) in [7, 11) is 1.94. The quantitative estimate of drug-likeness (QED) is 0.346. The highest BCUT2D eigenvalue weighted by molar-refractivity contribution is 5.94. The van der Waals surface area contributed by atoms with Gasteiger partial charge in [0.25, 0.3) is 0 Å². The van der Waals surface area contributed by atoms with Crippen LogP contribution in [0.5, 0.6) is 0 Å². The third-order valence-corrected chi connectivity index (χ3v) is 8.82. The number of benzene rings is 1. The zero-order valence-corrected chi connectivity index (χ0v) is 21.6. The first kappa shape index (κ1) is 24.7. The van der Waals surface area contributed by atoms with E-state index in [0.717, 1.165) is 61.9 Å². The summed E-state index contributed by atoms with van der Waals surface area (Å²) in [5.74, 6) is 1.41. The normalized spacial score (nSPS) is 20.1. The second-order valence-electron chi connectivity index (χ2n) is 11.5. The van der Waals surface area contributed by atoms with Gasteiger partial charge in [0.05, 0.1) is 24.4 Å². The van der Waals surface area contributed by atoms with Crippen LogP contribution in [0.1, 0.15) is 60.8 Å². The Labute approximate surface area is 223 Å². The molecule has 1 atom stereocenters. The molecule has 1 spiro atoms. The summed E-state index contributed by atoms with van der Waals surface area (Å²) in [4.78, 5) is 4.01. The summed E-state index contributed by atoms with van der Waals surface area (Å²) in [5, 5.41) is 19.8. The maximum absolute atomic E-state index is 13.9. The maximum Gasteiger partial charge on any atom is 0.433 e. The van der Waals surface area contributed by atoms with Gasteiger partial charge in [0.15, 0.2) is 0 Å². The van der Waals surface area contributed by atoms with E-state index in [-0.39, 0.29) is 23.9 Å². The summed E-state index contributed by atoms with van der Waals surface area (Å²) < 4.78 is 49.1. The third-order valence-electron chi connectivity index (χ3n) is 8.82. The highest BCUT2D eigenvalue weighted by Crippen LogP contribution is 2.47. The summed E-state index contributed by atoms with van der Waals surface area (Å²) in [6, 6.07) is 9.30. The number of fused-ring (bicyclic) bond motifs is 1. The Kier molecular flexibility index (Phi) is 5.78. The summed E-state index contributed by atoms with van der Waals surface area (Å²) in [6.07, 6.45) is 2.49. The average Bonchev–Trinajstić information content (AvgIpc) is 3.45. The SMILES string of the molecule is Cn1cnnc1C(c1cccc(-c2n[nH]c3c(CNC4CC5(COC5)C4)nc(C(F)(F)F)cc23)c1)C1CCC1. The van der Waals surface area contributed by atoms with Crippen LogP contribution in [0.15, 0.2) is 36.7 Å². The van der Waals surface area contributed by atoms with Crippen LogP contribution >= 0.6 is 0 Å². The molecule has 1 saturated heterocycles. The van der Waals surface area contributed by atoms with E-state index in [2.05, 4.69) is 36.8 Å². The predicted octanol–water partition coefficient (Wildman–Crippen LogP) is 4.97. The molecule has 39 heavy (non-hydrogen) atoms. The number of H-pyrrole nitrogens is 1. The van der Waals surface area contributed by atoms with Gasteiger partial charge in [-0.15, -0.1) is 10.2 Å². The lowest BCUT2D eigenvalue weighted by molar-refractivity contribution is -0.167. The van der Waals surface area contributed by atoms with Crippen LogP contribution in [0.4, 0.5) is 13.2 Å². The molecule has 3 fully saturated rings. The molecule has 0 bridgehead atoms. The van der Waals surface area contributed by atoms with Crippen molar-refractivity contribution in [3.05, 3.63) is 59.4 Å². The van der Waals surface area contributed by atoms with Crippen LogP contribution in [0, 0.1) is 11.3 Å². The Morgan fingerprint density at radius 1 is 1.21 bits per heavy atom. The van der Waals surface area contributed by atoms with Crippen molar-refractivity contribution in [2.45, 2.75) is 56.8 Å². The molecular formula is C28H30F3N7O. The molecule has 1 unspecified atom stereocenters. The second-order valence-corrected chi connectivity index (χ2v) is 11.5. The lowest BCUT2D eigenvalue weighted by Gasteiger charge is -2.53. The van der Waals surface area contributed by atoms with Gasteiger partial charge in [0.2, 0.25) is 0 Å². The number of hydrogen-bond donors (Lipinski definition) is 2. The van der Waals surface area contributed by atoms with Crippen molar-refractivity contribution >= 4 is 10.9 Å². The number of nitrogens with one attached hydrogen (secondary N) is 2. The number of aromatic amines is 1. The smallest absolute Gasteiger partial charge is 0.380 e. The molecule has 1 aromatic carbocycles. The molecular weight excluding hydrogens is 507 g/mol. The maximum atomic E-state index is 13.9. The molecule has 11 heteroatoms. The van der Waals surface area contributed by atoms with Crippen molar-refractivity contribution in [3.8, 4) is 11.3 Å². The van der Waals surface area contributed by atoms with E-state index in [1.807, 2.05) is 29.8 Å². The van der Waals surface area contributed by atoms with Crippen LogP contribution in [0.3, 0.4) is 0 Å². The zero-order valence-electron chi connectivity index (χ0n) is 21.6. The van der Waals surface area contributed by atoms with Gasteiger partial charge in [-0.05, 0) is 49.3 Å². The standard InChI is InChI=1S/C28H30F3N7O/c1-38-15-33-37-26(38)23(16-4-2-5-16)17-6-3-7-18(8-17)24-20-9-22(28(29,30)31)34-21(25(20)36-35-24)12-32-19-10-27(11-19)13-39-14-27/h3,6-9,15-16,19,23,32H,2,4-5,10-14H2,1H3,(H,35,36). The van der Waals surface area contributed by atoms with E-state index in [1.54, 1.807) is 6.33 Å². The third kappa shape index (κ3) is 4.31. The molecule has 204 valence electrons. The second kappa shape index (κ2) is 9.12. The zero-order chi connectivity index (χ0) is 26.8. The Morgan fingerprint density at radius 2 is 2.03 bits per heavy atom. The Hall–Kier alpha value is -3.31. The number of aromatic nitrogens is 6. The van der Waals surface area contributed by atoms with E-state index in [9.17, 15) is 13.2 Å². The van der Waals surface area contributed by atoms with Crippen molar-refractivity contribution in [2.24, 2.45) is 18.4 Å². The van der Waals surface area contributed by atoms with Crippen LogP contribution in [0.2, 0.25) is 0 Å². The van der Waals surface area contributed by atoms with Gasteiger partial charge < -0.3 is 14.6 Å². The number of halogens is 3. The van der Waals surface area contributed by atoms with Gasteiger partial charge in [-0.25, -0.2) is 4.98 Å². The first-order valence-electron chi connectivity index (χ1n) is 13.5. The van der Waals surface area contributed by atoms with Gasteiger partial charge in [0.1, 0.15) is 23.5 Å². The van der Waals surface area contributed by atoms with Crippen molar-refractivity contribution in [1.29, 1.82) is 0 Å². The van der Waals surface area contributed by atoms with Crippen LogP contribution in [-0.4, -0.2) is 49.2 Å². The number of alkyl halides is 3. The molecule has 3 aliphatic rings. The number of pyridine rings is 1. The Bertz CT molecular complexity index is 1510. The van der Waals surface area contributed by atoms with Gasteiger partial charge in [-0.2, -0.15) is 18.3 Å². The Balaban J connectivity index is 1.24. The van der Waals surface area contributed by atoms with Crippen molar-refractivity contribution < 1.29 is 17.9 Å². The molecule has 8 nitrogen and oxygen atoms in total. The van der Waals surface area contributed by atoms with Crippen molar-refractivity contribution in [1.82, 2.24) is 35.3 Å². The fourth-order valence-corrected chi connectivity index (χ4v) is 6.43. The van der Waals surface area contributed by atoms with E-state index < -0.39 is 11.9 Å². The molecule has 0 amide bonds. The van der Waals surface area contributed by atoms with Gasteiger partial charge >= 0.3 is 6.18 Å². The number of rotatable bonds is 7. The molecule has 3 aromatic heterocycles. The minimum absolute atomic E-state index is 0.0652. The number of ether oxygens (including phenoxy) is 1. The molecule has 1 aliphatic heterocycles. The fourth-order valence-electron chi connectivity index (χ4n) is 6.43. The molecule has 4 aromatic rings. The summed E-state index contributed by atoms with van der Waals surface area (Å²) in [6.45, 7) is 1.79. The van der Waals surface area contributed by atoms with E-state index >= 15 is 0 Å². The highest BCUT2D eigenvalue weighted by Gasteiger charge is 2.49. The lowest BCUT2D eigenvalue weighted by Crippen LogP contribution is -2.58. The number of nitrogens with zero attached hydrogens (tertiary/aromatic N) is 5. The topological polar surface area (TPSA) is 93.5 Å². The molecule has 7 rings (SSSR count). The average molecular weight is 538 g/mol. The van der Waals surface area contributed by atoms with Crippen molar-refractivity contribution in [2.75, 3.05) is 13.2 Å². The molecule has 4 heterocycles. The monoisotopic (exact) mass is 537 g/mol.